The first-order chi connectivity index (χ1) is 9.74. The highest BCUT2D eigenvalue weighted by atomic mass is 35.5. The van der Waals surface area contributed by atoms with Crippen LogP contribution in [0.5, 0.6) is 0 Å². The second kappa shape index (κ2) is 6.74. The predicted octanol–water partition coefficient (Wildman–Crippen LogP) is 2.60. The largest absolute Gasteiger partial charge is 0.451 e. The van der Waals surface area contributed by atoms with Crippen LogP contribution < -0.4 is 10.6 Å². The molecule has 4 nitrogen and oxygen atoms in total. The zero-order chi connectivity index (χ0) is 13.9. The summed E-state index contributed by atoms with van der Waals surface area (Å²) in [6.45, 7) is 1.68. The zero-order valence-electron chi connectivity index (χ0n) is 11.3. The molecule has 1 atom stereocenters. The van der Waals surface area contributed by atoms with Gasteiger partial charge in [0.15, 0.2) is 5.76 Å². The number of carbonyl (C=O) groups excluding carboxylic acids is 1. The Kier molecular flexibility index (Phi) is 4.98. The van der Waals surface area contributed by atoms with E-state index in [1.54, 1.807) is 30.3 Å². The van der Waals surface area contributed by atoms with Gasteiger partial charge in [0, 0.05) is 12.6 Å². The lowest BCUT2D eigenvalue weighted by Crippen LogP contribution is -2.35. The van der Waals surface area contributed by atoms with Gasteiger partial charge in [0.05, 0.1) is 5.56 Å². The maximum absolute atomic E-state index is 13.6. The molecule has 0 saturated carbocycles. The Labute approximate surface area is 128 Å². The first-order valence-corrected chi connectivity index (χ1v) is 6.60. The van der Waals surface area contributed by atoms with E-state index in [0.717, 1.165) is 19.5 Å². The van der Waals surface area contributed by atoms with E-state index in [4.69, 9.17) is 4.42 Å². The third kappa shape index (κ3) is 3.43. The van der Waals surface area contributed by atoms with Crippen molar-refractivity contribution in [3.63, 3.8) is 0 Å². The van der Waals surface area contributed by atoms with Crippen molar-refractivity contribution >= 4 is 18.3 Å². The van der Waals surface area contributed by atoms with Crippen LogP contribution in [0.25, 0.3) is 11.3 Å². The summed E-state index contributed by atoms with van der Waals surface area (Å²) in [5.41, 5.74) is 0.356. The maximum atomic E-state index is 13.6. The van der Waals surface area contributed by atoms with Crippen molar-refractivity contribution in [2.45, 2.75) is 12.5 Å². The minimum absolute atomic E-state index is 0. The molecule has 1 unspecified atom stereocenters. The summed E-state index contributed by atoms with van der Waals surface area (Å²) in [6.07, 6.45) is 0.909. The lowest BCUT2D eigenvalue weighted by molar-refractivity contribution is 0.0913. The van der Waals surface area contributed by atoms with E-state index in [-0.39, 0.29) is 35.9 Å². The van der Waals surface area contributed by atoms with Gasteiger partial charge in [-0.25, -0.2) is 4.39 Å². The van der Waals surface area contributed by atoms with Crippen molar-refractivity contribution in [1.82, 2.24) is 10.6 Å². The zero-order valence-corrected chi connectivity index (χ0v) is 12.1. The topological polar surface area (TPSA) is 54.3 Å². The van der Waals surface area contributed by atoms with Gasteiger partial charge in [-0.05, 0) is 37.2 Å². The molecule has 2 aromatic rings. The molecule has 1 aromatic carbocycles. The second-order valence-corrected chi connectivity index (χ2v) is 4.81. The Bertz CT molecular complexity index is 624. The minimum Gasteiger partial charge on any atom is -0.451 e. The SMILES string of the molecule is Cl.O=C(NC1CCNC1)c1ccc(-c2ccccc2F)o1. The molecule has 0 radical (unpaired) electrons. The fourth-order valence-electron chi connectivity index (χ4n) is 2.30. The molecule has 1 aliphatic rings. The van der Waals surface area contributed by atoms with Crippen LogP contribution >= 0.6 is 12.4 Å². The lowest BCUT2D eigenvalue weighted by Gasteiger charge is -2.09. The summed E-state index contributed by atoms with van der Waals surface area (Å²) < 4.78 is 19.1. The van der Waals surface area contributed by atoms with Crippen LogP contribution in [0, 0.1) is 5.82 Å². The van der Waals surface area contributed by atoms with Gasteiger partial charge >= 0.3 is 0 Å². The molecule has 0 aliphatic carbocycles. The third-order valence-electron chi connectivity index (χ3n) is 3.36. The molecular weight excluding hydrogens is 295 g/mol. The monoisotopic (exact) mass is 310 g/mol. The number of rotatable bonds is 3. The fourth-order valence-corrected chi connectivity index (χ4v) is 2.30. The lowest BCUT2D eigenvalue weighted by atomic mass is 10.1. The van der Waals surface area contributed by atoms with Crippen LogP contribution in [0.15, 0.2) is 40.8 Å². The van der Waals surface area contributed by atoms with Gasteiger partial charge < -0.3 is 15.1 Å². The first kappa shape index (κ1) is 15.5. The Balaban J connectivity index is 0.00000161. The standard InChI is InChI=1S/C15H15FN2O2.ClH/c16-12-4-2-1-3-11(12)13-5-6-14(20-13)15(19)18-10-7-8-17-9-10;/h1-6,10,17H,7-9H2,(H,18,19);1H. The Morgan fingerprint density at radius 2 is 2.10 bits per heavy atom. The summed E-state index contributed by atoms with van der Waals surface area (Å²) in [5, 5.41) is 6.06. The highest BCUT2D eigenvalue weighted by Gasteiger charge is 2.20. The van der Waals surface area contributed by atoms with Gasteiger partial charge in [-0.1, -0.05) is 12.1 Å². The summed E-state index contributed by atoms with van der Waals surface area (Å²) in [6, 6.07) is 9.63. The molecule has 6 heteroatoms. The molecule has 112 valence electrons. The maximum Gasteiger partial charge on any atom is 0.287 e. The Morgan fingerprint density at radius 1 is 1.29 bits per heavy atom. The number of carbonyl (C=O) groups is 1. The van der Waals surface area contributed by atoms with Gasteiger partial charge in [0.1, 0.15) is 11.6 Å². The van der Waals surface area contributed by atoms with Crippen LogP contribution in [0.4, 0.5) is 4.39 Å². The van der Waals surface area contributed by atoms with Crippen LogP contribution in [-0.2, 0) is 0 Å². The van der Waals surface area contributed by atoms with E-state index in [9.17, 15) is 9.18 Å². The average Bonchev–Trinajstić information content (AvgIpc) is 3.10. The Hall–Kier alpha value is -1.85. The van der Waals surface area contributed by atoms with Crippen LogP contribution in [0.2, 0.25) is 0 Å². The summed E-state index contributed by atoms with van der Waals surface area (Å²) in [4.78, 5) is 12.0. The molecule has 1 aliphatic heterocycles. The molecule has 21 heavy (non-hydrogen) atoms. The predicted molar refractivity (Wildman–Crippen MR) is 80.1 cm³/mol. The molecule has 2 heterocycles. The average molecular weight is 311 g/mol. The van der Waals surface area contributed by atoms with E-state index < -0.39 is 0 Å². The third-order valence-corrected chi connectivity index (χ3v) is 3.36. The van der Waals surface area contributed by atoms with E-state index in [2.05, 4.69) is 10.6 Å². The summed E-state index contributed by atoms with van der Waals surface area (Å²) in [7, 11) is 0. The molecule has 1 fully saturated rings. The molecule has 1 amide bonds. The van der Waals surface area contributed by atoms with E-state index >= 15 is 0 Å². The van der Waals surface area contributed by atoms with Gasteiger partial charge in [0.25, 0.3) is 5.91 Å². The van der Waals surface area contributed by atoms with Crippen molar-refractivity contribution in [3.05, 3.63) is 48.0 Å². The highest BCUT2D eigenvalue weighted by molar-refractivity contribution is 5.92. The number of halogens is 2. The van der Waals surface area contributed by atoms with Crippen molar-refractivity contribution in [1.29, 1.82) is 0 Å². The van der Waals surface area contributed by atoms with Crippen molar-refractivity contribution < 1.29 is 13.6 Å². The van der Waals surface area contributed by atoms with Crippen molar-refractivity contribution in [2.75, 3.05) is 13.1 Å². The Morgan fingerprint density at radius 3 is 2.81 bits per heavy atom. The molecule has 0 spiro atoms. The normalized spacial score (nSPS) is 17.3. The molecule has 2 N–H and O–H groups in total. The summed E-state index contributed by atoms with van der Waals surface area (Å²) in [5.74, 6) is -0.0666. The quantitative estimate of drug-likeness (QED) is 0.916. The van der Waals surface area contributed by atoms with Gasteiger partial charge in [0.2, 0.25) is 0 Å². The number of hydrogen-bond acceptors (Lipinski definition) is 3. The van der Waals surface area contributed by atoms with E-state index in [1.165, 1.54) is 6.07 Å². The first-order valence-electron chi connectivity index (χ1n) is 6.60. The van der Waals surface area contributed by atoms with Crippen LogP contribution in [-0.4, -0.2) is 25.0 Å². The highest BCUT2D eigenvalue weighted by Crippen LogP contribution is 2.24. The molecule has 0 bridgehead atoms. The van der Waals surface area contributed by atoms with Crippen molar-refractivity contribution in [2.24, 2.45) is 0 Å². The van der Waals surface area contributed by atoms with Gasteiger partial charge in [-0.2, -0.15) is 0 Å². The molecular formula is C15H16ClFN2O2. The van der Waals surface area contributed by atoms with E-state index in [0.29, 0.717) is 11.3 Å². The minimum atomic E-state index is -0.367. The van der Waals surface area contributed by atoms with E-state index in [1.807, 2.05) is 0 Å². The molecule has 1 saturated heterocycles. The number of nitrogens with one attached hydrogen (secondary N) is 2. The van der Waals surface area contributed by atoms with Gasteiger partial charge in [-0.15, -0.1) is 12.4 Å². The second-order valence-electron chi connectivity index (χ2n) is 4.81. The van der Waals surface area contributed by atoms with Gasteiger partial charge in [-0.3, -0.25) is 4.79 Å². The molecule has 3 rings (SSSR count). The molecule has 1 aromatic heterocycles. The number of furan rings is 1. The fraction of sp³-hybridized carbons (Fsp3) is 0.267. The smallest absolute Gasteiger partial charge is 0.287 e. The number of amides is 1. The van der Waals surface area contributed by atoms with Crippen molar-refractivity contribution in [3.8, 4) is 11.3 Å². The number of hydrogen-bond donors (Lipinski definition) is 2. The summed E-state index contributed by atoms with van der Waals surface area (Å²) >= 11 is 0. The van der Waals surface area contributed by atoms with Crippen LogP contribution in [0.3, 0.4) is 0 Å². The van der Waals surface area contributed by atoms with Crippen LogP contribution in [0.1, 0.15) is 17.0 Å². The number of benzene rings is 1.